The normalized spacial score (nSPS) is 18.9. The van der Waals surface area contributed by atoms with Crippen LogP contribution in [0.2, 0.25) is 0 Å². The van der Waals surface area contributed by atoms with Crippen molar-refractivity contribution >= 4 is 22.3 Å². The number of benzene rings is 2. The lowest BCUT2D eigenvalue weighted by Gasteiger charge is -2.55. The van der Waals surface area contributed by atoms with E-state index in [0.717, 1.165) is 27.6 Å². The van der Waals surface area contributed by atoms with Crippen LogP contribution in [0.15, 0.2) is 36.4 Å². The van der Waals surface area contributed by atoms with Crippen molar-refractivity contribution in [2.75, 3.05) is 10.8 Å². The highest BCUT2D eigenvalue weighted by atomic mass is 32.3. The Kier molecular flexibility index (Phi) is 5.73. The van der Waals surface area contributed by atoms with Crippen molar-refractivity contribution in [2.45, 2.75) is 39.3 Å². The van der Waals surface area contributed by atoms with Gasteiger partial charge in [-0.2, -0.15) is 4.31 Å². The predicted molar refractivity (Wildman–Crippen MR) is 106 cm³/mol. The third-order valence-corrected chi connectivity index (χ3v) is 6.79. The number of para-hydroxylation sites is 1. The Balaban J connectivity index is 2.17. The minimum Gasteiger partial charge on any atom is -0.330 e. The minimum atomic E-state index is -3.67. The molecule has 1 aliphatic heterocycles. The van der Waals surface area contributed by atoms with Crippen molar-refractivity contribution in [3.05, 3.63) is 59.2 Å². The van der Waals surface area contributed by atoms with Gasteiger partial charge in [-0.15, -0.1) is 0 Å². The Morgan fingerprint density at radius 1 is 1.19 bits per heavy atom. The van der Waals surface area contributed by atoms with E-state index in [4.69, 9.17) is 5.73 Å². The molecule has 0 bridgehead atoms. The van der Waals surface area contributed by atoms with Crippen molar-refractivity contribution in [3.63, 3.8) is 0 Å². The third-order valence-electron chi connectivity index (χ3n) is 4.80. The molecule has 148 valence electrons. The van der Waals surface area contributed by atoms with Crippen LogP contribution in [0.5, 0.6) is 0 Å². The van der Waals surface area contributed by atoms with Crippen LogP contribution in [0.4, 0.5) is 20.2 Å². The molecule has 27 heavy (non-hydrogen) atoms. The van der Waals surface area contributed by atoms with E-state index in [0.29, 0.717) is 25.1 Å². The quantitative estimate of drug-likeness (QED) is 0.667. The fourth-order valence-corrected chi connectivity index (χ4v) is 5.38. The van der Waals surface area contributed by atoms with E-state index in [1.165, 1.54) is 10.4 Å². The SMILES string of the molecule is Cc1ccc2c(c1)CN(C(C)CCCN)S(O)(O)N2c1c(F)cccc1F. The molecule has 0 aromatic heterocycles. The van der Waals surface area contributed by atoms with Gasteiger partial charge in [0.2, 0.25) is 0 Å². The van der Waals surface area contributed by atoms with Crippen LogP contribution in [0.1, 0.15) is 30.9 Å². The molecule has 1 heterocycles. The van der Waals surface area contributed by atoms with Crippen LogP contribution in [-0.4, -0.2) is 26.0 Å². The molecule has 0 saturated heterocycles. The fourth-order valence-electron chi connectivity index (χ4n) is 3.41. The lowest BCUT2D eigenvalue weighted by Crippen LogP contribution is -2.46. The van der Waals surface area contributed by atoms with E-state index in [1.54, 1.807) is 12.1 Å². The summed E-state index contributed by atoms with van der Waals surface area (Å²) in [5.41, 5.74) is 7.28. The van der Waals surface area contributed by atoms with Crippen LogP contribution >= 0.6 is 11.0 Å². The highest BCUT2D eigenvalue weighted by Gasteiger charge is 2.42. The molecule has 4 N–H and O–H groups in total. The number of nitrogens with zero attached hydrogens (tertiary/aromatic N) is 2. The van der Waals surface area contributed by atoms with Gasteiger partial charge in [0, 0.05) is 12.6 Å². The lowest BCUT2D eigenvalue weighted by atomic mass is 10.1. The van der Waals surface area contributed by atoms with Crippen LogP contribution in [-0.2, 0) is 6.54 Å². The molecule has 0 amide bonds. The maximum absolute atomic E-state index is 14.6. The Labute approximate surface area is 160 Å². The van der Waals surface area contributed by atoms with E-state index >= 15 is 0 Å². The van der Waals surface area contributed by atoms with E-state index in [1.807, 2.05) is 19.9 Å². The second-order valence-electron chi connectivity index (χ2n) is 6.84. The van der Waals surface area contributed by atoms with E-state index < -0.39 is 28.3 Å². The number of halogens is 2. The van der Waals surface area contributed by atoms with Crippen LogP contribution in [0.3, 0.4) is 0 Å². The molecular formula is C19H25F2N3O2S. The summed E-state index contributed by atoms with van der Waals surface area (Å²) >= 11 is 0. The van der Waals surface area contributed by atoms with Crippen LogP contribution in [0.25, 0.3) is 0 Å². The number of anilines is 2. The zero-order valence-electron chi connectivity index (χ0n) is 15.4. The average molecular weight is 397 g/mol. The zero-order chi connectivity index (χ0) is 19.8. The van der Waals surface area contributed by atoms with Gasteiger partial charge in [-0.25, -0.2) is 13.1 Å². The van der Waals surface area contributed by atoms with Gasteiger partial charge in [-0.1, -0.05) is 23.8 Å². The molecule has 0 aliphatic carbocycles. The molecule has 0 saturated carbocycles. The van der Waals surface area contributed by atoms with Gasteiger partial charge >= 0.3 is 0 Å². The van der Waals surface area contributed by atoms with E-state index in [9.17, 15) is 17.9 Å². The molecule has 0 spiro atoms. The zero-order valence-corrected chi connectivity index (χ0v) is 16.2. The summed E-state index contributed by atoms with van der Waals surface area (Å²) in [4.78, 5) is 0. The Bertz CT molecular complexity index is 814. The molecular weight excluding hydrogens is 372 g/mol. The Morgan fingerprint density at radius 2 is 1.85 bits per heavy atom. The Morgan fingerprint density at radius 3 is 2.48 bits per heavy atom. The molecule has 1 aliphatic rings. The highest BCUT2D eigenvalue weighted by molar-refractivity contribution is 8.23. The fraction of sp³-hybridized carbons (Fsp3) is 0.368. The first-order valence-electron chi connectivity index (χ1n) is 8.86. The van der Waals surface area contributed by atoms with Crippen molar-refractivity contribution < 1.29 is 17.9 Å². The van der Waals surface area contributed by atoms with E-state index in [2.05, 4.69) is 0 Å². The van der Waals surface area contributed by atoms with Gasteiger partial charge in [0.15, 0.2) is 11.6 Å². The predicted octanol–water partition coefficient (Wildman–Crippen LogP) is 4.93. The van der Waals surface area contributed by atoms with Gasteiger partial charge in [-0.3, -0.25) is 9.11 Å². The first-order valence-corrected chi connectivity index (χ1v) is 10.3. The molecule has 8 heteroatoms. The van der Waals surface area contributed by atoms with Crippen LogP contribution < -0.4 is 10.0 Å². The molecule has 2 aromatic carbocycles. The first kappa shape index (κ1) is 20.0. The largest absolute Gasteiger partial charge is 0.330 e. The summed E-state index contributed by atoms with van der Waals surface area (Å²) in [6, 6.07) is 8.60. The topological polar surface area (TPSA) is 73.0 Å². The van der Waals surface area contributed by atoms with Crippen molar-refractivity contribution in [1.29, 1.82) is 0 Å². The molecule has 2 aromatic rings. The minimum absolute atomic E-state index is 0.232. The average Bonchev–Trinajstić information content (AvgIpc) is 2.60. The van der Waals surface area contributed by atoms with Crippen LogP contribution in [0, 0.1) is 18.6 Å². The summed E-state index contributed by atoms with van der Waals surface area (Å²) in [5, 5.41) is 0. The third kappa shape index (κ3) is 3.68. The maximum atomic E-state index is 14.6. The van der Waals surface area contributed by atoms with E-state index in [-0.39, 0.29) is 12.6 Å². The number of fused-ring (bicyclic) bond motifs is 1. The van der Waals surface area contributed by atoms with Gasteiger partial charge in [0.1, 0.15) is 5.69 Å². The number of hydrogen-bond donors (Lipinski definition) is 3. The number of aryl methyl sites for hydroxylation is 1. The van der Waals surface area contributed by atoms with Crippen molar-refractivity contribution in [2.24, 2.45) is 5.73 Å². The maximum Gasteiger partial charge on any atom is 0.151 e. The number of hydrogen-bond acceptors (Lipinski definition) is 5. The summed E-state index contributed by atoms with van der Waals surface area (Å²) in [5.74, 6) is -1.70. The molecule has 5 nitrogen and oxygen atoms in total. The molecule has 3 rings (SSSR count). The lowest BCUT2D eigenvalue weighted by molar-refractivity contribution is 0.269. The Hall–Kier alpha value is -1.71. The highest BCUT2D eigenvalue weighted by Crippen LogP contribution is 2.60. The molecule has 1 atom stereocenters. The monoisotopic (exact) mass is 397 g/mol. The molecule has 0 fully saturated rings. The number of nitrogens with two attached hydrogens (primary N) is 1. The summed E-state index contributed by atoms with van der Waals surface area (Å²) in [6.45, 7) is 4.54. The van der Waals surface area contributed by atoms with Crippen molar-refractivity contribution in [1.82, 2.24) is 4.31 Å². The summed E-state index contributed by atoms with van der Waals surface area (Å²) in [7, 11) is -3.67. The number of rotatable bonds is 5. The second-order valence-corrected chi connectivity index (χ2v) is 8.66. The van der Waals surface area contributed by atoms with Gasteiger partial charge in [0.25, 0.3) is 0 Å². The molecule has 1 unspecified atom stereocenters. The second kappa shape index (κ2) is 7.73. The summed E-state index contributed by atoms with van der Waals surface area (Å²) < 4.78 is 53.8. The molecule has 0 radical (unpaired) electrons. The first-order chi connectivity index (χ1) is 12.8. The van der Waals surface area contributed by atoms with Gasteiger partial charge in [-0.05, 0) is 68.0 Å². The smallest absolute Gasteiger partial charge is 0.151 e. The van der Waals surface area contributed by atoms with Crippen molar-refractivity contribution in [3.8, 4) is 0 Å². The standard InChI is InChI=1S/C19H25F2N3O2S/c1-13-8-9-18-15(11-13)12-23(14(2)5-4-10-22)27(25,26)24(18)19-16(20)6-3-7-17(19)21/h3,6-9,11,14,25-26H,4-5,10,12,22H2,1-2H3. The van der Waals surface area contributed by atoms with Gasteiger partial charge < -0.3 is 5.73 Å². The summed E-state index contributed by atoms with van der Waals surface area (Å²) in [6.07, 6.45) is 1.35. The van der Waals surface area contributed by atoms with Gasteiger partial charge in [0.05, 0.1) is 5.69 Å².